The minimum Gasteiger partial charge on any atom is -0.342 e. The highest BCUT2D eigenvalue weighted by Crippen LogP contribution is 2.10. The van der Waals surface area contributed by atoms with E-state index in [1.807, 2.05) is 23.7 Å². The average molecular weight is 239 g/mol. The number of carbonyl (C=O) groups is 1. The standard InChI is InChI=1S/C9H18N2OS.ClH/c1-10-4-3-9(12)11-5-2-7-13-8-6-11;/h10H,2-8H2,1H3;1H. The van der Waals surface area contributed by atoms with Crippen molar-refractivity contribution in [2.24, 2.45) is 0 Å². The Labute approximate surface area is 96.4 Å². The van der Waals surface area contributed by atoms with Crippen LogP contribution in [-0.4, -0.2) is 49.0 Å². The van der Waals surface area contributed by atoms with Crippen molar-refractivity contribution in [3.8, 4) is 0 Å². The molecule has 1 saturated heterocycles. The number of halogens is 1. The van der Waals surface area contributed by atoms with Gasteiger partial charge in [-0.2, -0.15) is 11.8 Å². The smallest absolute Gasteiger partial charge is 0.223 e. The fourth-order valence-corrected chi connectivity index (χ4v) is 2.27. The fraction of sp³-hybridized carbons (Fsp3) is 0.889. The normalized spacial score (nSPS) is 17.1. The van der Waals surface area contributed by atoms with Crippen molar-refractivity contribution in [3.05, 3.63) is 0 Å². The maximum atomic E-state index is 11.6. The minimum atomic E-state index is 0. The predicted octanol–water partition coefficient (Wildman–Crippen LogP) is 0.983. The number of hydrogen-bond donors (Lipinski definition) is 1. The number of nitrogens with one attached hydrogen (secondary N) is 1. The van der Waals surface area contributed by atoms with E-state index in [0.717, 1.165) is 31.8 Å². The lowest BCUT2D eigenvalue weighted by Crippen LogP contribution is -2.34. The van der Waals surface area contributed by atoms with E-state index in [4.69, 9.17) is 0 Å². The summed E-state index contributed by atoms with van der Waals surface area (Å²) in [4.78, 5) is 13.6. The van der Waals surface area contributed by atoms with E-state index < -0.39 is 0 Å². The van der Waals surface area contributed by atoms with Gasteiger partial charge < -0.3 is 10.2 Å². The first-order valence-electron chi connectivity index (χ1n) is 4.84. The monoisotopic (exact) mass is 238 g/mol. The van der Waals surface area contributed by atoms with Crippen LogP contribution < -0.4 is 5.32 Å². The lowest BCUT2D eigenvalue weighted by molar-refractivity contribution is -0.130. The molecule has 0 aromatic heterocycles. The van der Waals surface area contributed by atoms with Crippen molar-refractivity contribution in [1.82, 2.24) is 10.2 Å². The molecule has 0 aliphatic carbocycles. The van der Waals surface area contributed by atoms with E-state index in [2.05, 4.69) is 5.32 Å². The Bertz CT molecular complexity index is 161. The summed E-state index contributed by atoms with van der Waals surface area (Å²) in [5.41, 5.74) is 0. The highest BCUT2D eigenvalue weighted by molar-refractivity contribution is 7.99. The van der Waals surface area contributed by atoms with Crippen LogP contribution in [0.4, 0.5) is 0 Å². The molecule has 0 aromatic carbocycles. The third-order valence-electron chi connectivity index (χ3n) is 2.16. The van der Waals surface area contributed by atoms with Crippen molar-refractivity contribution >= 4 is 30.1 Å². The van der Waals surface area contributed by atoms with Crippen molar-refractivity contribution in [2.75, 3.05) is 38.2 Å². The van der Waals surface area contributed by atoms with Gasteiger partial charge in [0.2, 0.25) is 5.91 Å². The molecule has 5 heteroatoms. The van der Waals surface area contributed by atoms with E-state index in [1.165, 1.54) is 5.75 Å². The van der Waals surface area contributed by atoms with E-state index in [-0.39, 0.29) is 12.4 Å². The maximum Gasteiger partial charge on any atom is 0.223 e. The Balaban J connectivity index is 0.00000169. The number of carbonyl (C=O) groups excluding carboxylic acids is 1. The molecule has 1 aliphatic rings. The van der Waals surface area contributed by atoms with Gasteiger partial charge in [0.25, 0.3) is 0 Å². The summed E-state index contributed by atoms with van der Waals surface area (Å²) in [7, 11) is 1.88. The third kappa shape index (κ3) is 5.08. The zero-order valence-electron chi connectivity index (χ0n) is 8.62. The predicted molar refractivity (Wildman–Crippen MR) is 64.3 cm³/mol. The molecular weight excluding hydrogens is 220 g/mol. The Morgan fingerprint density at radius 1 is 1.43 bits per heavy atom. The second-order valence-corrected chi connectivity index (χ2v) is 4.43. The van der Waals surface area contributed by atoms with E-state index in [0.29, 0.717) is 12.3 Å². The Hall–Kier alpha value is 0.0700. The van der Waals surface area contributed by atoms with Crippen LogP contribution in [0.3, 0.4) is 0 Å². The SMILES string of the molecule is CNCCC(=O)N1CCCSCC1.Cl. The average Bonchev–Trinajstić information content (AvgIpc) is 2.42. The van der Waals surface area contributed by atoms with E-state index in [1.54, 1.807) is 0 Å². The molecule has 1 rings (SSSR count). The molecule has 0 bridgehead atoms. The molecular formula is C9H19ClN2OS. The lowest BCUT2D eigenvalue weighted by atomic mass is 10.3. The first-order valence-corrected chi connectivity index (χ1v) is 6.00. The lowest BCUT2D eigenvalue weighted by Gasteiger charge is -2.19. The summed E-state index contributed by atoms with van der Waals surface area (Å²) >= 11 is 1.95. The number of amides is 1. The van der Waals surface area contributed by atoms with Gasteiger partial charge in [0.15, 0.2) is 0 Å². The fourth-order valence-electron chi connectivity index (χ4n) is 1.39. The van der Waals surface area contributed by atoms with Crippen LogP contribution in [-0.2, 0) is 4.79 Å². The molecule has 0 saturated carbocycles. The molecule has 1 fully saturated rings. The highest BCUT2D eigenvalue weighted by atomic mass is 35.5. The first kappa shape index (κ1) is 14.1. The van der Waals surface area contributed by atoms with Crippen molar-refractivity contribution < 1.29 is 4.79 Å². The Morgan fingerprint density at radius 3 is 2.93 bits per heavy atom. The van der Waals surface area contributed by atoms with Crippen molar-refractivity contribution in [3.63, 3.8) is 0 Å². The molecule has 1 N–H and O–H groups in total. The van der Waals surface area contributed by atoms with Gasteiger partial charge in [0.05, 0.1) is 0 Å². The molecule has 0 radical (unpaired) electrons. The summed E-state index contributed by atoms with van der Waals surface area (Å²) in [6, 6.07) is 0. The molecule has 1 amide bonds. The summed E-state index contributed by atoms with van der Waals surface area (Å²) in [5.74, 6) is 2.61. The van der Waals surface area contributed by atoms with Gasteiger partial charge in [-0.3, -0.25) is 4.79 Å². The van der Waals surface area contributed by atoms with Crippen molar-refractivity contribution in [2.45, 2.75) is 12.8 Å². The van der Waals surface area contributed by atoms with Crippen LogP contribution in [0.5, 0.6) is 0 Å². The molecule has 1 aliphatic heterocycles. The first-order chi connectivity index (χ1) is 6.34. The van der Waals surface area contributed by atoms with Crippen LogP contribution in [0.15, 0.2) is 0 Å². The van der Waals surface area contributed by atoms with Gasteiger partial charge in [-0.1, -0.05) is 0 Å². The summed E-state index contributed by atoms with van der Waals surface area (Å²) in [6.45, 7) is 2.69. The van der Waals surface area contributed by atoms with Gasteiger partial charge in [-0.25, -0.2) is 0 Å². The molecule has 14 heavy (non-hydrogen) atoms. The van der Waals surface area contributed by atoms with E-state index >= 15 is 0 Å². The Morgan fingerprint density at radius 2 is 2.21 bits per heavy atom. The number of hydrogen-bond acceptors (Lipinski definition) is 3. The summed E-state index contributed by atoms with van der Waals surface area (Å²) < 4.78 is 0. The molecule has 0 spiro atoms. The van der Waals surface area contributed by atoms with Crippen LogP contribution >= 0.6 is 24.2 Å². The third-order valence-corrected chi connectivity index (χ3v) is 3.21. The van der Waals surface area contributed by atoms with Gasteiger partial charge in [0, 0.05) is 31.8 Å². The quantitative estimate of drug-likeness (QED) is 0.796. The van der Waals surface area contributed by atoms with Gasteiger partial charge in [-0.05, 0) is 19.2 Å². The summed E-state index contributed by atoms with van der Waals surface area (Å²) in [5, 5.41) is 3.00. The largest absolute Gasteiger partial charge is 0.342 e. The van der Waals surface area contributed by atoms with E-state index in [9.17, 15) is 4.79 Å². The molecule has 0 unspecified atom stereocenters. The topological polar surface area (TPSA) is 32.3 Å². The van der Waals surface area contributed by atoms with Gasteiger partial charge >= 0.3 is 0 Å². The van der Waals surface area contributed by atoms with Gasteiger partial charge in [-0.15, -0.1) is 12.4 Å². The molecule has 84 valence electrons. The molecule has 1 heterocycles. The molecule has 0 atom stereocenters. The van der Waals surface area contributed by atoms with Crippen LogP contribution in [0.2, 0.25) is 0 Å². The maximum absolute atomic E-state index is 11.6. The second kappa shape index (κ2) is 8.38. The van der Waals surface area contributed by atoms with Crippen LogP contribution in [0.25, 0.3) is 0 Å². The van der Waals surface area contributed by atoms with Crippen molar-refractivity contribution in [1.29, 1.82) is 0 Å². The summed E-state index contributed by atoms with van der Waals surface area (Å²) in [6.07, 6.45) is 1.79. The number of thioether (sulfide) groups is 1. The minimum absolute atomic E-state index is 0. The van der Waals surface area contributed by atoms with Gasteiger partial charge in [0.1, 0.15) is 0 Å². The number of rotatable bonds is 3. The molecule has 0 aromatic rings. The number of nitrogens with zero attached hydrogens (tertiary/aromatic N) is 1. The zero-order chi connectivity index (χ0) is 9.52. The van der Waals surface area contributed by atoms with Crippen LogP contribution in [0.1, 0.15) is 12.8 Å². The second-order valence-electron chi connectivity index (χ2n) is 3.20. The molecule has 3 nitrogen and oxygen atoms in total. The Kier molecular flexibility index (Phi) is 8.43. The highest BCUT2D eigenvalue weighted by Gasteiger charge is 2.14. The van der Waals surface area contributed by atoms with Crippen LogP contribution in [0, 0.1) is 0 Å². The zero-order valence-corrected chi connectivity index (χ0v) is 10.3.